The smallest absolute Gasteiger partial charge is 0.273 e. The molecule has 1 N–H and O–H groups in total. The van der Waals surface area contributed by atoms with Gasteiger partial charge in [-0.2, -0.15) is 0 Å². The average Bonchev–Trinajstić information content (AvgIpc) is 3.23. The van der Waals surface area contributed by atoms with E-state index in [2.05, 4.69) is 39.7 Å². The molecule has 0 atom stereocenters. The van der Waals surface area contributed by atoms with Gasteiger partial charge in [0, 0.05) is 11.4 Å². The Morgan fingerprint density at radius 3 is 2.88 bits per heavy atom. The highest BCUT2D eigenvalue weighted by Gasteiger charge is 2.11. The molecule has 0 aliphatic rings. The first-order chi connectivity index (χ1) is 12.1. The van der Waals surface area contributed by atoms with Gasteiger partial charge >= 0.3 is 0 Å². The van der Waals surface area contributed by atoms with Crippen molar-refractivity contribution >= 4 is 17.2 Å². The van der Waals surface area contributed by atoms with Crippen LogP contribution in [0.15, 0.2) is 36.0 Å². The van der Waals surface area contributed by atoms with Crippen molar-refractivity contribution in [2.75, 3.05) is 6.54 Å². The van der Waals surface area contributed by atoms with Crippen molar-refractivity contribution in [3.63, 3.8) is 0 Å². The fourth-order valence-corrected chi connectivity index (χ4v) is 3.37. The Bertz CT molecular complexity index is 855. The van der Waals surface area contributed by atoms with Gasteiger partial charge in [0.25, 0.3) is 5.91 Å². The molecule has 0 saturated heterocycles. The van der Waals surface area contributed by atoms with Crippen molar-refractivity contribution in [2.45, 2.75) is 33.2 Å². The molecular weight excluding hydrogens is 334 g/mol. The Morgan fingerprint density at radius 1 is 1.28 bits per heavy atom. The molecular formula is C18H21N5OS. The largest absolute Gasteiger partial charge is 0.351 e. The zero-order chi connectivity index (χ0) is 17.6. The minimum absolute atomic E-state index is 0.183. The maximum Gasteiger partial charge on any atom is 0.273 e. The normalized spacial score (nSPS) is 10.8. The van der Waals surface area contributed by atoms with Crippen LogP contribution in [0.3, 0.4) is 0 Å². The van der Waals surface area contributed by atoms with Crippen LogP contribution in [0.4, 0.5) is 0 Å². The Kier molecular flexibility index (Phi) is 5.55. The van der Waals surface area contributed by atoms with Crippen molar-refractivity contribution in [1.82, 2.24) is 25.3 Å². The molecule has 25 heavy (non-hydrogen) atoms. The maximum absolute atomic E-state index is 12.2. The van der Waals surface area contributed by atoms with Crippen LogP contribution >= 0.6 is 11.3 Å². The van der Waals surface area contributed by atoms with Crippen LogP contribution in [-0.4, -0.2) is 32.4 Å². The number of aryl methyl sites for hydroxylation is 3. The van der Waals surface area contributed by atoms with E-state index in [1.54, 1.807) is 22.2 Å². The Labute approximate surface area is 150 Å². The first-order valence-corrected chi connectivity index (χ1v) is 9.13. The number of nitrogens with one attached hydrogen (secondary N) is 1. The summed E-state index contributed by atoms with van der Waals surface area (Å²) < 4.78 is 1.69. The van der Waals surface area contributed by atoms with Crippen molar-refractivity contribution < 1.29 is 4.79 Å². The SMILES string of the molecule is Cc1ccccc1Cn1cc(C(=O)NCCCc2scnc2C)nn1. The number of rotatable bonds is 7. The third-order valence-corrected chi connectivity index (χ3v) is 5.07. The predicted octanol–water partition coefficient (Wildman–Crippen LogP) is 2.76. The summed E-state index contributed by atoms with van der Waals surface area (Å²) in [4.78, 5) is 17.7. The van der Waals surface area contributed by atoms with Crippen molar-refractivity contribution in [3.05, 3.63) is 63.4 Å². The summed E-state index contributed by atoms with van der Waals surface area (Å²) in [5, 5.41) is 10.9. The molecule has 1 amide bonds. The molecule has 2 aromatic heterocycles. The molecule has 0 unspecified atom stereocenters. The fourth-order valence-electron chi connectivity index (χ4n) is 2.55. The lowest BCUT2D eigenvalue weighted by Gasteiger charge is -2.04. The molecule has 7 heteroatoms. The zero-order valence-electron chi connectivity index (χ0n) is 14.4. The van der Waals surface area contributed by atoms with Gasteiger partial charge in [-0.1, -0.05) is 29.5 Å². The van der Waals surface area contributed by atoms with E-state index in [-0.39, 0.29) is 5.91 Å². The molecule has 0 fully saturated rings. The molecule has 0 aliphatic heterocycles. The minimum atomic E-state index is -0.183. The van der Waals surface area contributed by atoms with E-state index >= 15 is 0 Å². The second-order valence-electron chi connectivity index (χ2n) is 5.95. The van der Waals surface area contributed by atoms with Crippen LogP contribution in [-0.2, 0) is 13.0 Å². The number of aromatic nitrogens is 4. The number of thiazole rings is 1. The van der Waals surface area contributed by atoms with Gasteiger partial charge in [0.15, 0.2) is 5.69 Å². The highest BCUT2D eigenvalue weighted by Crippen LogP contribution is 2.13. The van der Waals surface area contributed by atoms with Crippen LogP contribution in [0, 0.1) is 13.8 Å². The molecule has 3 aromatic rings. The molecule has 3 rings (SSSR count). The van der Waals surface area contributed by atoms with Crippen LogP contribution in [0.1, 0.15) is 38.6 Å². The van der Waals surface area contributed by atoms with Gasteiger partial charge in [0.2, 0.25) is 0 Å². The molecule has 130 valence electrons. The lowest BCUT2D eigenvalue weighted by Crippen LogP contribution is -2.25. The summed E-state index contributed by atoms with van der Waals surface area (Å²) in [7, 11) is 0. The summed E-state index contributed by atoms with van der Waals surface area (Å²) in [6.45, 7) is 5.29. The second-order valence-corrected chi connectivity index (χ2v) is 6.89. The van der Waals surface area contributed by atoms with E-state index in [1.807, 2.05) is 24.6 Å². The van der Waals surface area contributed by atoms with Crippen LogP contribution in [0.25, 0.3) is 0 Å². The van der Waals surface area contributed by atoms with Crippen LogP contribution < -0.4 is 5.32 Å². The van der Waals surface area contributed by atoms with E-state index in [1.165, 1.54) is 16.0 Å². The summed E-state index contributed by atoms with van der Waals surface area (Å²) in [5.41, 5.74) is 5.65. The van der Waals surface area contributed by atoms with E-state index < -0.39 is 0 Å². The number of amides is 1. The first-order valence-electron chi connectivity index (χ1n) is 8.25. The molecule has 0 bridgehead atoms. The van der Waals surface area contributed by atoms with Crippen LogP contribution in [0.2, 0.25) is 0 Å². The molecule has 6 nitrogen and oxygen atoms in total. The van der Waals surface area contributed by atoms with E-state index in [9.17, 15) is 4.79 Å². The number of carbonyl (C=O) groups is 1. The highest BCUT2D eigenvalue weighted by molar-refractivity contribution is 7.09. The minimum Gasteiger partial charge on any atom is -0.351 e. The average molecular weight is 355 g/mol. The molecule has 1 aromatic carbocycles. The Hall–Kier alpha value is -2.54. The molecule has 0 radical (unpaired) electrons. The summed E-state index contributed by atoms with van der Waals surface area (Å²) in [5.74, 6) is -0.183. The maximum atomic E-state index is 12.2. The third-order valence-electron chi connectivity index (χ3n) is 4.08. The Morgan fingerprint density at radius 2 is 2.12 bits per heavy atom. The van der Waals surface area contributed by atoms with Crippen molar-refractivity contribution in [3.8, 4) is 0 Å². The van der Waals surface area contributed by atoms with Gasteiger partial charge in [-0.25, -0.2) is 9.67 Å². The standard InChI is InChI=1S/C18H21N5OS/c1-13-6-3-4-7-15(13)10-23-11-16(21-22-23)18(24)19-9-5-8-17-14(2)20-12-25-17/h3-4,6-7,11-12H,5,8-10H2,1-2H3,(H,19,24). The Balaban J connectivity index is 1.49. The number of nitrogens with zero attached hydrogens (tertiary/aromatic N) is 4. The number of benzene rings is 1. The number of hydrogen-bond acceptors (Lipinski definition) is 5. The van der Waals surface area contributed by atoms with E-state index in [0.717, 1.165) is 18.5 Å². The monoisotopic (exact) mass is 355 g/mol. The summed E-state index contributed by atoms with van der Waals surface area (Å²) in [6.07, 6.45) is 3.50. The third kappa shape index (κ3) is 4.51. The van der Waals surface area contributed by atoms with Gasteiger partial charge < -0.3 is 5.32 Å². The molecule has 0 saturated carbocycles. The van der Waals surface area contributed by atoms with Gasteiger partial charge in [0.05, 0.1) is 23.9 Å². The first kappa shape index (κ1) is 17.3. The highest BCUT2D eigenvalue weighted by atomic mass is 32.1. The molecule has 0 aliphatic carbocycles. The van der Waals surface area contributed by atoms with E-state index in [0.29, 0.717) is 18.8 Å². The summed E-state index contributed by atoms with van der Waals surface area (Å²) in [6, 6.07) is 8.12. The predicted molar refractivity (Wildman–Crippen MR) is 97.8 cm³/mol. The van der Waals surface area contributed by atoms with Crippen LogP contribution in [0.5, 0.6) is 0 Å². The topological polar surface area (TPSA) is 72.7 Å². The summed E-state index contributed by atoms with van der Waals surface area (Å²) >= 11 is 1.66. The van der Waals surface area contributed by atoms with Gasteiger partial charge in [-0.3, -0.25) is 4.79 Å². The fraction of sp³-hybridized carbons (Fsp3) is 0.333. The molecule has 0 spiro atoms. The van der Waals surface area contributed by atoms with Gasteiger partial charge in [-0.15, -0.1) is 16.4 Å². The van der Waals surface area contributed by atoms with Gasteiger partial charge in [0.1, 0.15) is 0 Å². The second kappa shape index (κ2) is 8.02. The number of carbonyl (C=O) groups excluding carboxylic acids is 1. The number of hydrogen-bond donors (Lipinski definition) is 1. The quantitative estimate of drug-likeness (QED) is 0.662. The van der Waals surface area contributed by atoms with Crippen molar-refractivity contribution in [1.29, 1.82) is 0 Å². The lowest BCUT2D eigenvalue weighted by molar-refractivity contribution is 0.0948. The zero-order valence-corrected chi connectivity index (χ0v) is 15.2. The van der Waals surface area contributed by atoms with Gasteiger partial charge in [-0.05, 0) is 37.8 Å². The van der Waals surface area contributed by atoms with E-state index in [4.69, 9.17) is 0 Å². The lowest BCUT2D eigenvalue weighted by atomic mass is 10.1. The molecule has 2 heterocycles. The van der Waals surface area contributed by atoms with Crippen molar-refractivity contribution in [2.24, 2.45) is 0 Å².